The maximum atomic E-state index is 12.4. The highest BCUT2D eigenvalue weighted by molar-refractivity contribution is 6.09. The molecule has 3 heterocycles. The SMILES string of the molecule is COc1ncc(C)cc1NC(=O)c1cnn2ccccc12. The van der Waals surface area contributed by atoms with E-state index in [4.69, 9.17) is 4.74 Å². The fourth-order valence-corrected chi connectivity index (χ4v) is 2.11. The summed E-state index contributed by atoms with van der Waals surface area (Å²) in [4.78, 5) is 16.6. The standard InChI is InChI=1S/C15H14N4O2/c1-10-7-12(15(21-2)16-8-10)18-14(20)11-9-17-19-6-4-3-5-13(11)19/h3-9H,1-2H3,(H,18,20). The molecule has 0 fully saturated rings. The van der Waals surface area contributed by atoms with E-state index in [1.807, 2.05) is 31.2 Å². The summed E-state index contributed by atoms with van der Waals surface area (Å²) in [6.45, 7) is 1.90. The molecule has 3 aromatic rings. The Morgan fingerprint density at radius 3 is 3.00 bits per heavy atom. The van der Waals surface area contributed by atoms with Crippen LogP contribution in [-0.4, -0.2) is 27.6 Å². The van der Waals surface area contributed by atoms with Gasteiger partial charge in [-0.3, -0.25) is 4.79 Å². The van der Waals surface area contributed by atoms with Gasteiger partial charge in [-0.05, 0) is 30.7 Å². The highest BCUT2D eigenvalue weighted by atomic mass is 16.5. The molecule has 0 radical (unpaired) electrons. The average molecular weight is 282 g/mol. The molecule has 0 unspecified atom stereocenters. The lowest BCUT2D eigenvalue weighted by Crippen LogP contribution is -2.13. The number of rotatable bonds is 3. The average Bonchev–Trinajstić information content (AvgIpc) is 2.91. The predicted octanol–water partition coefficient (Wildman–Crippen LogP) is 2.30. The summed E-state index contributed by atoms with van der Waals surface area (Å²) in [7, 11) is 1.52. The first-order valence-corrected chi connectivity index (χ1v) is 6.43. The first-order valence-electron chi connectivity index (χ1n) is 6.43. The topological polar surface area (TPSA) is 68.5 Å². The third-order valence-corrected chi connectivity index (χ3v) is 3.10. The van der Waals surface area contributed by atoms with Gasteiger partial charge in [0.15, 0.2) is 0 Å². The minimum Gasteiger partial charge on any atom is -0.480 e. The van der Waals surface area contributed by atoms with Gasteiger partial charge in [0.25, 0.3) is 5.91 Å². The Labute approximate surface area is 121 Å². The Kier molecular flexibility index (Phi) is 3.27. The number of pyridine rings is 2. The number of anilines is 1. The van der Waals surface area contributed by atoms with E-state index >= 15 is 0 Å². The molecule has 1 N–H and O–H groups in total. The van der Waals surface area contributed by atoms with Gasteiger partial charge in [-0.15, -0.1) is 0 Å². The molecule has 0 saturated heterocycles. The predicted molar refractivity (Wildman–Crippen MR) is 78.7 cm³/mol. The second-order valence-corrected chi connectivity index (χ2v) is 4.61. The van der Waals surface area contributed by atoms with Crippen molar-refractivity contribution in [2.75, 3.05) is 12.4 Å². The van der Waals surface area contributed by atoms with E-state index in [0.717, 1.165) is 11.1 Å². The summed E-state index contributed by atoms with van der Waals surface area (Å²) in [6, 6.07) is 7.38. The van der Waals surface area contributed by atoms with Crippen molar-refractivity contribution in [3.05, 3.63) is 54.0 Å². The summed E-state index contributed by atoms with van der Waals surface area (Å²) < 4.78 is 6.81. The Morgan fingerprint density at radius 1 is 1.33 bits per heavy atom. The molecule has 3 rings (SSSR count). The van der Waals surface area contributed by atoms with E-state index in [-0.39, 0.29) is 5.91 Å². The third kappa shape index (κ3) is 2.43. The number of hydrogen-bond donors (Lipinski definition) is 1. The van der Waals surface area contributed by atoms with Crippen molar-refractivity contribution < 1.29 is 9.53 Å². The molecule has 0 saturated carbocycles. The van der Waals surface area contributed by atoms with Gasteiger partial charge in [-0.1, -0.05) is 6.07 Å². The normalized spacial score (nSPS) is 10.6. The second kappa shape index (κ2) is 5.24. The molecule has 106 valence electrons. The van der Waals surface area contributed by atoms with Crippen LogP contribution < -0.4 is 10.1 Å². The number of methoxy groups -OCH3 is 1. The van der Waals surface area contributed by atoms with E-state index in [9.17, 15) is 4.79 Å². The maximum absolute atomic E-state index is 12.4. The molecule has 0 aliphatic heterocycles. The van der Waals surface area contributed by atoms with Crippen LogP contribution in [0.4, 0.5) is 5.69 Å². The second-order valence-electron chi connectivity index (χ2n) is 4.61. The quantitative estimate of drug-likeness (QED) is 0.800. The van der Waals surface area contributed by atoms with Gasteiger partial charge in [0.2, 0.25) is 5.88 Å². The fraction of sp³-hybridized carbons (Fsp3) is 0.133. The molecule has 3 aromatic heterocycles. The molecule has 0 spiro atoms. The van der Waals surface area contributed by atoms with Crippen LogP contribution in [0.3, 0.4) is 0 Å². The minimum absolute atomic E-state index is 0.248. The number of carbonyl (C=O) groups excluding carboxylic acids is 1. The van der Waals surface area contributed by atoms with Crippen molar-refractivity contribution in [2.45, 2.75) is 6.92 Å². The van der Waals surface area contributed by atoms with Crippen LogP contribution in [0.5, 0.6) is 5.88 Å². The number of nitrogens with one attached hydrogen (secondary N) is 1. The lowest BCUT2D eigenvalue weighted by Gasteiger charge is -2.09. The number of fused-ring (bicyclic) bond motifs is 1. The Morgan fingerprint density at radius 2 is 2.19 bits per heavy atom. The number of aryl methyl sites for hydroxylation is 1. The van der Waals surface area contributed by atoms with Gasteiger partial charge in [0, 0.05) is 12.4 Å². The molecular weight excluding hydrogens is 268 g/mol. The largest absolute Gasteiger partial charge is 0.480 e. The lowest BCUT2D eigenvalue weighted by molar-refractivity contribution is 0.102. The summed E-state index contributed by atoms with van der Waals surface area (Å²) in [6.07, 6.45) is 5.02. The number of hydrogen-bond acceptors (Lipinski definition) is 4. The van der Waals surface area contributed by atoms with Gasteiger partial charge in [-0.2, -0.15) is 5.10 Å². The van der Waals surface area contributed by atoms with Crippen LogP contribution in [0.25, 0.3) is 5.52 Å². The summed E-state index contributed by atoms with van der Waals surface area (Å²) in [5, 5.41) is 6.97. The molecule has 6 nitrogen and oxygen atoms in total. The van der Waals surface area contributed by atoms with Crippen molar-refractivity contribution in [3.8, 4) is 5.88 Å². The number of amides is 1. The smallest absolute Gasteiger partial charge is 0.259 e. The van der Waals surface area contributed by atoms with Crippen LogP contribution in [0, 0.1) is 6.92 Å². The zero-order valence-corrected chi connectivity index (χ0v) is 11.7. The van der Waals surface area contributed by atoms with Gasteiger partial charge < -0.3 is 10.1 Å². The highest BCUT2D eigenvalue weighted by Gasteiger charge is 2.15. The molecule has 0 aromatic carbocycles. The van der Waals surface area contributed by atoms with Gasteiger partial charge in [-0.25, -0.2) is 9.50 Å². The van der Waals surface area contributed by atoms with E-state index in [2.05, 4.69) is 15.4 Å². The van der Waals surface area contributed by atoms with Crippen LogP contribution in [0.2, 0.25) is 0 Å². The van der Waals surface area contributed by atoms with E-state index < -0.39 is 0 Å². The van der Waals surface area contributed by atoms with Gasteiger partial charge in [0.05, 0.1) is 24.4 Å². The summed E-state index contributed by atoms with van der Waals surface area (Å²) in [5.41, 5.74) is 2.72. The summed E-state index contributed by atoms with van der Waals surface area (Å²) >= 11 is 0. The maximum Gasteiger partial charge on any atom is 0.259 e. The van der Waals surface area contributed by atoms with E-state index in [0.29, 0.717) is 17.1 Å². The Hall–Kier alpha value is -2.89. The molecule has 21 heavy (non-hydrogen) atoms. The van der Waals surface area contributed by atoms with Gasteiger partial charge >= 0.3 is 0 Å². The first kappa shape index (κ1) is 13.1. The Bertz CT molecular complexity index is 810. The van der Waals surface area contributed by atoms with Crippen molar-refractivity contribution in [1.29, 1.82) is 0 Å². The van der Waals surface area contributed by atoms with E-state index in [1.165, 1.54) is 7.11 Å². The molecule has 1 amide bonds. The third-order valence-electron chi connectivity index (χ3n) is 3.10. The highest BCUT2D eigenvalue weighted by Crippen LogP contribution is 2.23. The van der Waals surface area contributed by atoms with Crippen LogP contribution >= 0.6 is 0 Å². The van der Waals surface area contributed by atoms with Crippen LogP contribution in [0.1, 0.15) is 15.9 Å². The fourth-order valence-electron chi connectivity index (χ4n) is 2.11. The Balaban J connectivity index is 1.95. The van der Waals surface area contributed by atoms with E-state index in [1.54, 1.807) is 23.1 Å². The van der Waals surface area contributed by atoms with Crippen LogP contribution in [-0.2, 0) is 0 Å². The molecule has 0 aliphatic rings. The number of ether oxygens (including phenoxy) is 1. The first-order chi connectivity index (χ1) is 10.2. The molecular formula is C15H14N4O2. The number of nitrogens with zero attached hydrogens (tertiary/aromatic N) is 3. The molecule has 0 bridgehead atoms. The van der Waals surface area contributed by atoms with Crippen LogP contribution in [0.15, 0.2) is 42.9 Å². The lowest BCUT2D eigenvalue weighted by atomic mass is 10.2. The molecule has 0 aliphatic carbocycles. The minimum atomic E-state index is -0.248. The number of aromatic nitrogens is 3. The zero-order chi connectivity index (χ0) is 14.8. The monoisotopic (exact) mass is 282 g/mol. The molecule has 6 heteroatoms. The number of carbonyl (C=O) groups is 1. The van der Waals surface area contributed by atoms with Crippen molar-refractivity contribution in [2.24, 2.45) is 0 Å². The van der Waals surface area contributed by atoms with Crippen molar-refractivity contribution >= 4 is 17.1 Å². The van der Waals surface area contributed by atoms with Crippen molar-refractivity contribution in [1.82, 2.24) is 14.6 Å². The zero-order valence-electron chi connectivity index (χ0n) is 11.7. The molecule has 0 atom stereocenters. The van der Waals surface area contributed by atoms with Crippen molar-refractivity contribution in [3.63, 3.8) is 0 Å². The van der Waals surface area contributed by atoms with Gasteiger partial charge in [0.1, 0.15) is 5.69 Å². The summed E-state index contributed by atoms with van der Waals surface area (Å²) in [5.74, 6) is 0.132.